The summed E-state index contributed by atoms with van der Waals surface area (Å²) in [4.78, 5) is 0. The molecular formula is C14H26ClN3O2. The molecule has 0 saturated heterocycles. The lowest BCUT2D eigenvalue weighted by atomic mass is 10.1. The van der Waals surface area contributed by atoms with Crippen LogP contribution in [-0.4, -0.2) is 49.3 Å². The van der Waals surface area contributed by atoms with E-state index in [1.54, 1.807) is 7.11 Å². The largest absolute Gasteiger partial charge is 0.382 e. The minimum absolute atomic E-state index is 0.232. The Morgan fingerprint density at radius 1 is 1.35 bits per heavy atom. The quantitative estimate of drug-likeness (QED) is 0.672. The molecule has 6 heteroatoms. The molecule has 0 amide bonds. The van der Waals surface area contributed by atoms with Gasteiger partial charge in [-0.1, -0.05) is 18.5 Å². The monoisotopic (exact) mass is 303 g/mol. The van der Waals surface area contributed by atoms with Gasteiger partial charge in [-0.15, -0.1) is 0 Å². The van der Waals surface area contributed by atoms with E-state index in [4.69, 9.17) is 21.1 Å². The van der Waals surface area contributed by atoms with Gasteiger partial charge in [0.25, 0.3) is 0 Å². The number of aryl methyl sites for hydroxylation is 2. The lowest BCUT2D eigenvalue weighted by Gasteiger charge is -2.18. The first kappa shape index (κ1) is 17.4. The lowest BCUT2D eigenvalue weighted by Crippen LogP contribution is -2.36. The van der Waals surface area contributed by atoms with Crippen LogP contribution in [0.1, 0.15) is 25.2 Å². The molecule has 5 nitrogen and oxygen atoms in total. The Kier molecular flexibility index (Phi) is 8.14. The minimum atomic E-state index is 0.232. The molecule has 1 aromatic rings. The number of hydrogen-bond donors (Lipinski definition) is 1. The molecule has 1 atom stereocenters. The van der Waals surface area contributed by atoms with Gasteiger partial charge < -0.3 is 14.8 Å². The predicted molar refractivity (Wildman–Crippen MR) is 81.5 cm³/mol. The molecule has 0 spiro atoms. The second kappa shape index (κ2) is 9.34. The molecule has 0 fully saturated rings. The van der Waals surface area contributed by atoms with Crippen LogP contribution in [0.3, 0.4) is 0 Å². The van der Waals surface area contributed by atoms with Crippen molar-refractivity contribution in [3.05, 3.63) is 16.4 Å². The van der Waals surface area contributed by atoms with Gasteiger partial charge in [0.05, 0.1) is 36.2 Å². The summed E-state index contributed by atoms with van der Waals surface area (Å²) in [5, 5.41) is 8.65. The van der Waals surface area contributed by atoms with E-state index < -0.39 is 0 Å². The van der Waals surface area contributed by atoms with Crippen LogP contribution in [0.5, 0.6) is 0 Å². The number of nitrogens with one attached hydrogen (secondary N) is 1. The van der Waals surface area contributed by atoms with E-state index in [2.05, 4.69) is 24.3 Å². The van der Waals surface area contributed by atoms with Crippen molar-refractivity contribution in [2.45, 2.75) is 39.8 Å². The van der Waals surface area contributed by atoms with Crippen molar-refractivity contribution < 1.29 is 9.47 Å². The third kappa shape index (κ3) is 5.05. The van der Waals surface area contributed by atoms with Crippen molar-refractivity contribution in [1.82, 2.24) is 15.1 Å². The SMILES string of the molecule is CCNC(COCCOC)Cc1c(Cl)c(C)nn1CC. The molecule has 0 aliphatic rings. The zero-order chi connectivity index (χ0) is 15.0. The molecule has 20 heavy (non-hydrogen) atoms. The van der Waals surface area contributed by atoms with Crippen molar-refractivity contribution in [2.24, 2.45) is 0 Å². The van der Waals surface area contributed by atoms with E-state index in [1.807, 2.05) is 11.6 Å². The maximum atomic E-state index is 6.35. The van der Waals surface area contributed by atoms with Gasteiger partial charge in [0.1, 0.15) is 0 Å². The summed E-state index contributed by atoms with van der Waals surface area (Å²) in [6.45, 7) is 9.69. The number of ether oxygens (including phenoxy) is 2. The summed E-state index contributed by atoms with van der Waals surface area (Å²) in [6.07, 6.45) is 0.814. The van der Waals surface area contributed by atoms with Crippen LogP contribution in [0.2, 0.25) is 5.02 Å². The molecule has 1 N–H and O–H groups in total. The zero-order valence-corrected chi connectivity index (χ0v) is 13.7. The molecule has 0 aliphatic carbocycles. The molecule has 116 valence electrons. The van der Waals surface area contributed by atoms with E-state index >= 15 is 0 Å². The Morgan fingerprint density at radius 3 is 2.70 bits per heavy atom. The molecule has 1 aromatic heterocycles. The summed E-state index contributed by atoms with van der Waals surface area (Å²) in [5.41, 5.74) is 1.96. The van der Waals surface area contributed by atoms with E-state index in [0.29, 0.717) is 19.8 Å². The highest BCUT2D eigenvalue weighted by molar-refractivity contribution is 6.31. The van der Waals surface area contributed by atoms with E-state index in [9.17, 15) is 0 Å². The number of methoxy groups -OCH3 is 1. The molecule has 0 aromatic carbocycles. The van der Waals surface area contributed by atoms with Crippen LogP contribution in [0.4, 0.5) is 0 Å². The van der Waals surface area contributed by atoms with E-state index in [0.717, 1.165) is 35.9 Å². The smallest absolute Gasteiger partial charge is 0.0847 e. The summed E-state index contributed by atoms with van der Waals surface area (Å²) >= 11 is 6.35. The van der Waals surface area contributed by atoms with Gasteiger partial charge in [0.2, 0.25) is 0 Å². The number of rotatable bonds is 10. The number of halogens is 1. The highest BCUT2D eigenvalue weighted by atomic mass is 35.5. The molecule has 0 aliphatic heterocycles. The fraction of sp³-hybridized carbons (Fsp3) is 0.786. The molecule has 1 rings (SSSR count). The summed E-state index contributed by atoms with van der Waals surface area (Å²) in [7, 11) is 1.67. The normalized spacial score (nSPS) is 12.8. The molecule has 0 radical (unpaired) electrons. The minimum Gasteiger partial charge on any atom is -0.382 e. The van der Waals surface area contributed by atoms with Gasteiger partial charge in [0, 0.05) is 26.1 Å². The Morgan fingerprint density at radius 2 is 2.10 bits per heavy atom. The van der Waals surface area contributed by atoms with Gasteiger partial charge in [0.15, 0.2) is 0 Å². The van der Waals surface area contributed by atoms with Crippen molar-refractivity contribution in [3.8, 4) is 0 Å². The fourth-order valence-corrected chi connectivity index (χ4v) is 2.36. The van der Waals surface area contributed by atoms with Crippen LogP contribution in [0.15, 0.2) is 0 Å². The first-order valence-electron chi connectivity index (χ1n) is 7.15. The standard InChI is InChI=1S/C14H26ClN3O2/c1-5-16-12(10-20-8-7-19-4)9-13-14(15)11(3)17-18(13)6-2/h12,16H,5-10H2,1-4H3. The number of aromatic nitrogens is 2. The molecule has 1 heterocycles. The topological polar surface area (TPSA) is 48.3 Å². The van der Waals surface area contributed by atoms with Crippen LogP contribution >= 0.6 is 11.6 Å². The van der Waals surface area contributed by atoms with Crippen LogP contribution in [-0.2, 0) is 22.4 Å². The predicted octanol–water partition coefficient (Wildman–Crippen LogP) is 2.05. The molecular weight excluding hydrogens is 278 g/mol. The Bertz CT molecular complexity index is 396. The van der Waals surface area contributed by atoms with Gasteiger partial charge in [-0.25, -0.2) is 0 Å². The van der Waals surface area contributed by atoms with Crippen molar-refractivity contribution in [3.63, 3.8) is 0 Å². The van der Waals surface area contributed by atoms with Crippen molar-refractivity contribution in [1.29, 1.82) is 0 Å². The van der Waals surface area contributed by atoms with Gasteiger partial charge in [-0.2, -0.15) is 5.10 Å². The average molecular weight is 304 g/mol. The number of nitrogens with zero attached hydrogens (tertiary/aromatic N) is 2. The van der Waals surface area contributed by atoms with Crippen LogP contribution < -0.4 is 5.32 Å². The molecule has 0 bridgehead atoms. The first-order valence-corrected chi connectivity index (χ1v) is 7.53. The second-order valence-corrected chi connectivity index (χ2v) is 5.07. The second-order valence-electron chi connectivity index (χ2n) is 4.69. The first-order chi connectivity index (χ1) is 9.63. The Balaban J connectivity index is 2.64. The maximum absolute atomic E-state index is 6.35. The number of hydrogen-bond acceptors (Lipinski definition) is 4. The summed E-state index contributed by atoms with van der Waals surface area (Å²) in [5.74, 6) is 0. The Labute approximate surface area is 126 Å². The van der Waals surface area contributed by atoms with Crippen molar-refractivity contribution in [2.75, 3.05) is 33.5 Å². The number of likely N-dealkylation sites (N-methyl/N-ethyl adjacent to an activating group) is 1. The van der Waals surface area contributed by atoms with E-state index in [1.165, 1.54) is 0 Å². The van der Waals surface area contributed by atoms with Gasteiger partial charge in [-0.3, -0.25) is 4.68 Å². The fourth-order valence-electron chi connectivity index (χ4n) is 2.14. The highest BCUT2D eigenvalue weighted by Crippen LogP contribution is 2.21. The Hall–Kier alpha value is -0.620. The lowest BCUT2D eigenvalue weighted by molar-refractivity contribution is 0.0587. The van der Waals surface area contributed by atoms with E-state index in [-0.39, 0.29) is 6.04 Å². The van der Waals surface area contributed by atoms with Crippen LogP contribution in [0.25, 0.3) is 0 Å². The third-order valence-electron chi connectivity index (χ3n) is 3.14. The summed E-state index contributed by atoms with van der Waals surface area (Å²) in [6, 6.07) is 0.232. The van der Waals surface area contributed by atoms with Gasteiger partial charge >= 0.3 is 0 Å². The molecule has 0 saturated carbocycles. The van der Waals surface area contributed by atoms with Crippen LogP contribution in [0, 0.1) is 6.92 Å². The third-order valence-corrected chi connectivity index (χ3v) is 3.63. The summed E-state index contributed by atoms with van der Waals surface area (Å²) < 4.78 is 12.6. The zero-order valence-electron chi connectivity index (χ0n) is 12.9. The maximum Gasteiger partial charge on any atom is 0.0847 e. The van der Waals surface area contributed by atoms with Gasteiger partial charge in [-0.05, 0) is 20.4 Å². The molecule has 1 unspecified atom stereocenters. The average Bonchev–Trinajstić information content (AvgIpc) is 2.71. The van der Waals surface area contributed by atoms with Crippen molar-refractivity contribution >= 4 is 11.6 Å². The highest BCUT2D eigenvalue weighted by Gasteiger charge is 2.17.